The molecule has 5 nitrogen and oxygen atoms in total. The van der Waals surface area contributed by atoms with E-state index in [-0.39, 0.29) is 11.7 Å². The zero-order chi connectivity index (χ0) is 14.3. The normalized spacial score (nSPS) is 10.9. The van der Waals surface area contributed by atoms with Crippen LogP contribution in [-0.4, -0.2) is 15.9 Å². The second-order valence-electron chi connectivity index (χ2n) is 4.31. The maximum absolute atomic E-state index is 12.0. The number of anilines is 1. The third kappa shape index (κ3) is 2.46. The number of rotatable bonds is 2. The topological polar surface area (TPSA) is 68.0 Å². The van der Waals surface area contributed by atoms with Crippen molar-refractivity contribution in [3.05, 3.63) is 39.9 Å². The molecule has 0 unspecified atom stereocenters. The molecule has 7 heteroatoms. The van der Waals surface area contributed by atoms with Crippen molar-refractivity contribution >= 4 is 48.7 Å². The second-order valence-corrected chi connectivity index (χ2v) is 6.09. The molecule has 0 radical (unpaired) electrons. The molecule has 0 aliphatic rings. The van der Waals surface area contributed by atoms with E-state index in [0.29, 0.717) is 15.4 Å². The first kappa shape index (κ1) is 13.3. The zero-order valence-electron chi connectivity index (χ0n) is 10.7. The fourth-order valence-electron chi connectivity index (χ4n) is 1.87. The van der Waals surface area contributed by atoms with Gasteiger partial charge in [-0.25, -0.2) is 4.98 Å². The fraction of sp³-hybridized carbons (Fsp3) is 0.154. The number of aryl methyl sites for hydroxylation is 2. The number of aromatic nitrogens is 2. The average molecular weight is 352 g/mol. The summed E-state index contributed by atoms with van der Waals surface area (Å²) < 4.78 is 6.69. The SMILES string of the molecule is Cc1cc(C)c2sc(NC(=O)c3ccc(Br)o3)nc2n1. The highest BCUT2D eigenvalue weighted by Crippen LogP contribution is 2.28. The Hall–Kier alpha value is -1.73. The van der Waals surface area contributed by atoms with Crippen LogP contribution in [0, 0.1) is 13.8 Å². The molecule has 0 atom stereocenters. The maximum Gasteiger partial charge on any atom is 0.293 e. The first-order valence-electron chi connectivity index (χ1n) is 5.84. The number of carbonyl (C=O) groups is 1. The Labute approximate surface area is 127 Å². The molecule has 1 N–H and O–H groups in total. The van der Waals surface area contributed by atoms with Crippen molar-refractivity contribution in [3.8, 4) is 0 Å². The van der Waals surface area contributed by atoms with Crippen LogP contribution in [-0.2, 0) is 0 Å². The van der Waals surface area contributed by atoms with Gasteiger partial charge in [0.1, 0.15) is 0 Å². The predicted octanol–water partition coefficient (Wildman–Crippen LogP) is 3.92. The molecule has 0 saturated carbocycles. The van der Waals surface area contributed by atoms with E-state index in [1.54, 1.807) is 12.1 Å². The number of fused-ring (bicyclic) bond motifs is 1. The van der Waals surface area contributed by atoms with Crippen LogP contribution in [0.4, 0.5) is 5.13 Å². The lowest BCUT2D eigenvalue weighted by Crippen LogP contribution is -2.10. The van der Waals surface area contributed by atoms with E-state index in [0.717, 1.165) is 16.0 Å². The van der Waals surface area contributed by atoms with Crippen LogP contribution >= 0.6 is 27.3 Å². The van der Waals surface area contributed by atoms with E-state index in [4.69, 9.17) is 4.42 Å². The summed E-state index contributed by atoms with van der Waals surface area (Å²) in [4.78, 5) is 20.7. The molecule has 1 amide bonds. The monoisotopic (exact) mass is 351 g/mol. The van der Waals surface area contributed by atoms with Gasteiger partial charge in [-0.05, 0) is 53.5 Å². The smallest absolute Gasteiger partial charge is 0.293 e. The quantitative estimate of drug-likeness (QED) is 0.759. The zero-order valence-corrected chi connectivity index (χ0v) is 13.1. The lowest BCUT2D eigenvalue weighted by atomic mass is 10.2. The highest BCUT2D eigenvalue weighted by Gasteiger charge is 2.14. The molecular formula is C13H10BrN3O2S. The third-order valence-corrected chi connectivity index (χ3v) is 4.21. The molecular weight excluding hydrogens is 342 g/mol. The molecule has 0 fully saturated rings. The van der Waals surface area contributed by atoms with Gasteiger partial charge in [0.2, 0.25) is 0 Å². The van der Waals surface area contributed by atoms with Crippen molar-refractivity contribution in [2.75, 3.05) is 5.32 Å². The van der Waals surface area contributed by atoms with E-state index in [2.05, 4.69) is 31.2 Å². The molecule has 3 rings (SSSR count). The highest BCUT2D eigenvalue weighted by atomic mass is 79.9. The molecule has 3 aromatic heterocycles. The number of nitrogens with one attached hydrogen (secondary N) is 1. The number of pyridine rings is 1. The van der Waals surface area contributed by atoms with Crippen LogP contribution in [0.2, 0.25) is 0 Å². The summed E-state index contributed by atoms with van der Waals surface area (Å²) in [7, 11) is 0. The van der Waals surface area contributed by atoms with Gasteiger partial charge in [-0.2, -0.15) is 4.98 Å². The van der Waals surface area contributed by atoms with Crippen LogP contribution in [0.3, 0.4) is 0 Å². The van der Waals surface area contributed by atoms with Crippen LogP contribution in [0.25, 0.3) is 10.3 Å². The molecule has 102 valence electrons. The fourth-order valence-corrected chi connectivity index (χ4v) is 3.05. The van der Waals surface area contributed by atoms with Crippen molar-refractivity contribution in [2.24, 2.45) is 0 Å². The summed E-state index contributed by atoms with van der Waals surface area (Å²) in [6.45, 7) is 3.93. The molecule has 0 aliphatic heterocycles. The number of furan rings is 1. The summed E-state index contributed by atoms with van der Waals surface area (Å²) in [6.07, 6.45) is 0. The van der Waals surface area contributed by atoms with E-state index >= 15 is 0 Å². The number of nitrogens with zero attached hydrogens (tertiary/aromatic N) is 2. The lowest BCUT2D eigenvalue weighted by Gasteiger charge is -1.96. The Bertz CT molecular complexity index is 809. The first-order valence-corrected chi connectivity index (χ1v) is 7.45. The van der Waals surface area contributed by atoms with Gasteiger partial charge in [-0.1, -0.05) is 11.3 Å². The molecule has 3 heterocycles. The Kier molecular flexibility index (Phi) is 3.31. The molecule has 3 aromatic rings. The van der Waals surface area contributed by atoms with Crippen molar-refractivity contribution in [2.45, 2.75) is 13.8 Å². The van der Waals surface area contributed by atoms with Crippen LogP contribution < -0.4 is 5.32 Å². The molecule has 0 bridgehead atoms. The largest absolute Gasteiger partial charge is 0.444 e. The summed E-state index contributed by atoms with van der Waals surface area (Å²) in [5, 5.41) is 3.23. The average Bonchev–Trinajstić information content (AvgIpc) is 2.95. The number of amides is 1. The summed E-state index contributed by atoms with van der Waals surface area (Å²) >= 11 is 4.57. The number of halogens is 1. The third-order valence-electron chi connectivity index (χ3n) is 2.69. The molecule has 0 saturated heterocycles. The van der Waals surface area contributed by atoms with Gasteiger partial charge in [-0.3, -0.25) is 10.1 Å². The highest BCUT2D eigenvalue weighted by molar-refractivity contribution is 9.10. The summed E-state index contributed by atoms with van der Waals surface area (Å²) in [6, 6.07) is 5.26. The van der Waals surface area contributed by atoms with Crippen molar-refractivity contribution in [3.63, 3.8) is 0 Å². The lowest BCUT2D eigenvalue weighted by molar-refractivity contribution is 0.0995. The Morgan fingerprint density at radius 3 is 2.85 bits per heavy atom. The minimum atomic E-state index is -0.330. The number of hydrogen-bond acceptors (Lipinski definition) is 5. The van der Waals surface area contributed by atoms with Gasteiger partial charge < -0.3 is 4.42 Å². The van der Waals surface area contributed by atoms with Crippen LogP contribution in [0.15, 0.2) is 27.3 Å². The Balaban J connectivity index is 1.91. The van der Waals surface area contributed by atoms with Gasteiger partial charge in [0.15, 0.2) is 21.2 Å². The minimum absolute atomic E-state index is 0.233. The van der Waals surface area contributed by atoms with Gasteiger partial charge >= 0.3 is 0 Å². The number of carbonyl (C=O) groups excluding carboxylic acids is 1. The van der Waals surface area contributed by atoms with Crippen molar-refractivity contribution < 1.29 is 9.21 Å². The van der Waals surface area contributed by atoms with E-state index in [9.17, 15) is 4.79 Å². The van der Waals surface area contributed by atoms with Gasteiger partial charge in [0.05, 0.1) is 4.70 Å². The predicted molar refractivity (Wildman–Crippen MR) is 81.3 cm³/mol. The molecule has 20 heavy (non-hydrogen) atoms. The second kappa shape index (κ2) is 4.99. The van der Waals surface area contributed by atoms with Gasteiger partial charge in [-0.15, -0.1) is 0 Å². The molecule has 0 aliphatic carbocycles. The first-order chi connectivity index (χ1) is 9.52. The minimum Gasteiger partial charge on any atom is -0.444 e. The molecule has 0 aromatic carbocycles. The van der Waals surface area contributed by atoms with Crippen molar-refractivity contribution in [1.29, 1.82) is 0 Å². The van der Waals surface area contributed by atoms with E-state index < -0.39 is 0 Å². The number of thiazole rings is 1. The summed E-state index contributed by atoms with van der Waals surface area (Å²) in [5.41, 5.74) is 2.67. The van der Waals surface area contributed by atoms with Crippen LogP contribution in [0.1, 0.15) is 21.8 Å². The van der Waals surface area contributed by atoms with Gasteiger partial charge in [0.25, 0.3) is 5.91 Å². The van der Waals surface area contributed by atoms with E-state index in [1.165, 1.54) is 11.3 Å². The maximum atomic E-state index is 12.0. The Morgan fingerprint density at radius 2 is 2.15 bits per heavy atom. The van der Waals surface area contributed by atoms with E-state index in [1.807, 2.05) is 19.9 Å². The van der Waals surface area contributed by atoms with Crippen LogP contribution in [0.5, 0.6) is 0 Å². The Morgan fingerprint density at radius 1 is 1.35 bits per heavy atom. The standard InChI is InChI=1S/C13H10BrN3O2S/c1-6-5-7(2)15-11-10(6)20-13(16-11)17-12(18)8-3-4-9(14)19-8/h3-5H,1-2H3,(H,15,16,17,18). The summed E-state index contributed by atoms with van der Waals surface area (Å²) in [5.74, 6) is -0.0962. The van der Waals surface area contributed by atoms with Gasteiger partial charge in [0, 0.05) is 5.69 Å². The number of hydrogen-bond donors (Lipinski definition) is 1. The van der Waals surface area contributed by atoms with Crippen molar-refractivity contribution in [1.82, 2.24) is 9.97 Å². The molecule has 0 spiro atoms.